The van der Waals surface area contributed by atoms with Gasteiger partial charge in [-0.05, 0) is 37.1 Å². The highest BCUT2D eigenvalue weighted by Gasteiger charge is 2.39. The second-order valence-electron chi connectivity index (χ2n) is 7.23. The van der Waals surface area contributed by atoms with E-state index in [2.05, 4.69) is 37.9 Å². The Bertz CT molecular complexity index is 282. The van der Waals surface area contributed by atoms with Crippen molar-refractivity contribution in [3.63, 3.8) is 0 Å². The number of hydrogen-bond donors (Lipinski definition) is 1. The van der Waals surface area contributed by atoms with Crippen molar-refractivity contribution in [1.82, 2.24) is 10.2 Å². The molecular weight excluding hydrogens is 248 g/mol. The van der Waals surface area contributed by atoms with Crippen LogP contribution in [-0.4, -0.2) is 49.8 Å². The first-order chi connectivity index (χ1) is 9.58. The van der Waals surface area contributed by atoms with Crippen LogP contribution in [0.3, 0.4) is 0 Å². The maximum atomic E-state index is 5.54. The van der Waals surface area contributed by atoms with Crippen molar-refractivity contribution in [2.24, 2.45) is 11.3 Å². The van der Waals surface area contributed by atoms with Gasteiger partial charge < -0.3 is 10.1 Å². The van der Waals surface area contributed by atoms with Gasteiger partial charge in [-0.15, -0.1) is 0 Å². The molecule has 0 spiro atoms. The Morgan fingerprint density at radius 1 is 1.15 bits per heavy atom. The van der Waals surface area contributed by atoms with Gasteiger partial charge in [-0.3, -0.25) is 4.90 Å². The van der Waals surface area contributed by atoms with Crippen molar-refractivity contribution in [2.45, 2.75) is 65.5 Å². The fraction of sp³-hybridized carbons (Fsp3) is 1.00. The lowest BCUT2D eigenvalue weighted by Crippen LogP contribution is -2.57. The monoisotopic (exact) mass is 282 g/mol. The molecule has 0 radical (unpaired) electrons. The van der Waals surface area contributed by atoms with E-state index in [9.17, 15) is 0 Å². The van der Waals surface area contributed by atoms with Crippen LogP contribution in [0.5, 0.6) is 0 Å². The molecular formula is C17H34N2O. The SMILES string of the molecule is CCNC1CCC(C(C)(C)CC)CC1N1CCOCC1. The standard InChI is InChI=1S/C17H34N2O/c1-5-17(3,4)14-7-8-15(18-6-2)16(13-14)19-9-11-20-12-10-19/h14-16,18H,5-13H2,1-4H3. The summed E-state index contributed by atoms with van der Waals surface area (Å²) in [6.45, 7) is 14.7. The smallest absolute Gasteiger partial charge is 0.0594 e. The van der Waals surface area contributed by atoms with Gasteiger partial charge in [0, 0.05) is 25.2 Å². The fourth-order valence-electron chi connectivity index (χ4n) is 3.96. The average molecular weight is 282 g/mol. The second-order valence-corrected chi connectivity index (χ2v) is 7.23. The Labute approximate surface area is 125 Å². The van der Waals surface area contributed by atoms with E-state index < -0.39 is 0 Å². The number of hydrogen-bond acceptors (Lipinski definition) is 3. The molecule has 2 rings (SSSR count). The quantitative estimate of drug-likeness (QED) is 0.839. The molecule has 0 aromatic rings. The van der Waals surface area contributed by atoms with Crippen LogP contribution in [0.4, 0.5) is 0 Å². The summed E-state index contributed by atoms with van der Waals surface area (Å²) in [5.41, 5.74) is 0.488. The molecule has 0 bridgehead atoms. The zero-order valence-electron chi connectivity index (χ0n) is 14.0. The molecule has 1 aliphatic heterocycles. The Morgan fingerprint density at radius 3 is 2.45 bits per heavy atom. The zero-order valence-corrected chi connectivity index (χ0v) is 14.0. The minimum absolute atomic E-state index is 0.488. The lowest BCUT2D eigenvalue weighted by atomic mass is 9.67. The van der Waals surface area contributed by atoms with E-state index in [0.29, 0.717) is 17.5 Å². The summed E-state index contributed by atoms with van der Waals surface area (Å²) >= 11 is 0. The summed E-state index contributed by atoms with van der Waals surface area (Å²) in [5, 5.41) is 3.74. The molecule has 20 heavy (non-hydrogen) atoms. The number of nitrogens with one attached hydrogen (secondary N) is 1. The number of ether oxygens (including phenoxy) is 1. The van der Waals surface area contributed by atoms with E-state index in [1.165, 1.54) is 25.7 Å². The summed E-state index contributed by atoms with van der Waals surface area (Å²) in [6.07, 6.45) is 5.38. The molecule has 0 aromatic heterocycles. The van der Waals surface area contributed by atoms with Crippen molar-refractivity contribution in [2.75, 3.05) is 32.8 Å². The predicted molar refractivity (Wildman–Crippen MR) is 85.1 cm³/mol. The molecule has 3 heteroatoms. The zero-order chi connectivity index (χ0) is 14.6. The van der Waals surface area contributed by atoms with Crippen LogP contribution in [0.15, 0.2) is 0 Å². The molecule has 2 aliphatic rings. The first kappa shape index (κ1) is 16.3. The average Bonchev–Trinajstić information content (AvgIpc) is 2.48. The molecule has 1 saturated carbocycles. The van der Waals surface area contributed by atoms with Gasteiger partial charge >= 0.3 is 0 Å². The number of likely N-dealkylation sites (N-methyl/N-ethyl adjacent to an activating group) is 1. The van der Waals surface area contributed by atoms with Gasteiger partial charge in [0.25, 0.3) is 0 Å². The molecule has 3 nitrogen and oxygen atoms in total. The van der Waals surface area contributed by atoms with Crippen molar-refractivity contribution in [3.8, 4) is 0 Å². The van der Waals surface area contributed by atoms with Crippen molar-refractivity contribution in [1.29, 1.82) is 0 Å². The summed E-state index contributed by atoms with van der Waals surface area (Å²) < 4.78 is 5.54. The van der Waals surface area contributed by atoms with Crippen LogP contribution in [0, 0.1) is 11.3 Å². The molecule has 1 N–H and O–H groups in total. The van der Waals surface area contributed by atoms with Crippen molar-refractivity contribution in [3.05, 3.63) is 0 Å². The van der Waals surface area contributed by atoms with Gasteiger partial charge in [0.2, 0.25) is 0 Å². The molecule has 1 saturated heterocycles. The summed E-state index contributed by atoms with van der Waals surface area (Å²) in [4.78, 5) is 2.69. The van der Waals surface area contributed by atoms with Gasteiger partial charge in [-0.1, -0.05) is 34.1 Å². The Morgan fingerprint density at radius 2 is 1.85 bits per heavy atom. The first-order valence-corrected chi connectivity index (χ1v) is 8.63. The van der Waals surface area contributed by atoms with Crippen LogP contribution in [0.1, 0.15) is 53.4 Å². The van der Waals surface area contributed by atoms with Gasteiger partial charge in [-0.25, -0.2) is 0 Å². The van der Waals surface area contributed by atoms with Crippen LogP contribution < -0.4 is 5.32 Å². The highest BCUT2D eigenvalue weighted by molar-refractivity contribution is 4.95. The van der Waals surface area contributed by atoms with Crippen molar-refractivity contribution >= 4 is 0 Å². The van der Waals surface area contributed by atoms with Crippen LogP contribution in [-0.2, 0) is 4.74 Å². The van der Waals surface area contributed by atoms with Crippen LogP contribution in [0.25, 0.3) is 0 Å². The topological polar surface area (TPSA) is 24.5 Å². The van der Waals surface area contributed by atoms with E-state index >= 15 is 0 Å². The third kappa shape index (κ3) is 3.75. The lowest BCUT2D eigenvalue weighted by Gasteiger charge is -2.48. The van der Waals surface area contributed by atoms with E-state index in [-0.39, 0.29) is 0 Å². The largest absolute Gasteiger partial charge is 0.379 e. The maximum Gasteiger partial charge on any atom is 0.0594 e. The predicted octanol–water partition coefficient (Wildman–Crippen LogP) is 2.90. The maximum absolute atomic E-state index is 5.54. The van der Waals surface area contributed by atoms with Gasteiger partial charge in [-0.2, -0.15) is 0 Å². The summed E-state index contributed by atoms with van der Waals surface area (Å²) in [6, 6.07) is 1.39. The first-order valence-electron chi connectivity index (χ1n) is 8.63. The van der Waals surface area contributed by atoms with Gasteiger partial charge in [0.05, 0.1) is 13.2 Å². The minimum atomic E-state index is 0.488. The Hall–Kier alpha value is -0.120. The Balaban J connectivity index is 2.04. The van der Waals surface area contributed by atoms with Crippen LogP contribution in [0.2, 0.25) is 0 Å². The highest BCUT2D eigenvalue weighted by Crippen LogP contribution is 2.41. The molecule has 1 aliphatic carbocycles. The molecule has 0 amide bonds. The third-order valence-electron chi connectivity index (χ3n) is 5.81. The third-order valence-corrected chi connectivity index (χ3v) is 5.81. The summed E-state index contributed by atoms with van der Waals surface area (Å²) in [5.74, 6) is 0.871. The fourth-order valence-corrected chi connectivity index (χ4v) is 3.96. The van der Waals surface area contributed by atoms with E-state index in [4.69, 9.17) is 4.74 Å². The minimum Gasteiger partial charge on any atom is -0.379 e. The lowest BCUT2D eigenvalue weighted by molar-refractivity contribution is -0.0184. The molecule has 3 unspecified atom stereocenters. The second kappa shape index (κ2) is 7.24. The number of morpholine rings is 1. The summed E-state index contributed by atoms with van der Waals surface area (Å²) in [7, 11) is 0. The van der Waals surface area contributed by atoms with E-state index in [1.54, 1.807) is 0 Å². The molecule has 0 aromatic carbocycles. The molecule has 118 valence electrons. The van der Waals surface area contributed by atoms with Gasteiger partial charge in [0.1, 0.15) is 0 Å². The van der Waals surface area contributed by atoms with E-state index in [0.717, 1.165) is 38.8 Å². The number of rotatable bonds is 5. The van der Waals surface area contributed by atoms with Crippen LogP contribution >= 0.6 is 0 Å². The van der Waals surface area contributed by atoms with E-state index in [1.807, 2.05) is 0 Å². The Kier molecular flexibility index (Phi) is 5.88. The number of nitrogens with zero attached hydrogens (tertiary/aromatic N) is 1. The van der Waals surface area contributed by atoms with Gasteiger partial charge in [0.15, 0.2) is 0 Å². The molecule has 3 atom stereocenters. The highest BCUT2D eigenvalue weighted by atomic mass is 16.5. The van der Waals surface area contributed by atoms with Crippen molar-refractivity contribution < 1.29 is 4.74 Å². The normalized spacial score (nSPS) is 33.3. The molecule has 2 fully saturated rings. The molecule has 1 heterocycles.